The normalized spacial score (nSPS) is 21.4. The third kappa shape index (κ3) is 2.09. The Kier molecular flexibility index (Phi) is 3.48. The lowest BCUT2D eigenvalue weighted by molar-refractivity contribution is -0.142. The van der Waals surface area contributed by atoms with E-state index in [0.29, 0.717) is 0 Å². The number of ether oxygens (including phenoxy) is 1. The fourth-order valence-corrected chi connectivity index (χ4v) is 3.25. The molecule has 1 saturated heterocycles. The summed E-state index contributed by atoms with van der Waals surface area (Å²) in [5.41, 5.74) is 0.845. The molecular formula is C17H17NO4. The first-order valence-corrected chi connectivity index (χ1v) is 7.08. The fraction of sp³-hybridized carbons (Fsp3) is 0.294. The van der Waals surface area contributed by atoms with E-state index in [1.165, 1.54) is 4.90 Å². The summed E-state index contributed by atoms with van der Waals surface area (Å²) in [7, 11) is 3.27. The molecule has 1 amide bonds. The minimum atomic E-state index is -0.942. The van der Waals surface area contributed by atoms with Gasteiger partial charge in [0.25, 0.3) is 0 Å². The number of aliphatic carboxylic acids is 1. The molecule has 0 spiro atoms. The summed E-state index contributed by atoms with van der Waals surface area (Å²) < 4.78 is 5.37. The van der Waals surface area contributed by atoms with Crippen molar-refractivity contribution in [3.8, 4) is 5.75 Å². The van der Waals surface area contributed by atoms with Crippen LogP contribution < -0.4 is 4.74 Å². The predicted octanol–water partition coefficient (Wildman–Crippen LogP) is 2.45. The van der Waals surface area contributed by atoms with Crippen LogP contribution in [0.1, 0.15) is 18.0 Å². The summed E-state index contributed by atoms with van der Waals surface area (Å²) in [5.74, 6) is -1.08. The number of amides is 1. The zero-order valence-corrected chi connectivity index (χ0v) is 12.4. The Morgan fingerprint density at radius 2 is 1.91 bits per heavy atom. The van der Waals surface area contributed by atoms with E-state index >= 15 is 0 Å². The number of hydrogen-bond acceptors (Lipinski definition) is 3. The van der Waals surface area contributed by atoms with Gasteiger partial charge >= 0.3 is 5.97 Å². The topological polar surface area (TPSA) is 66.8 Å². The zero-order chi connectivity index (χ0) is 15.9. The minimum Gasteiger partial charge on any atom is -0.496 e. The lowest BCUT2D eigenvalue weighted by Crippen LogP contribution is -2.27. The quantitative estimate of drug-likeness (QED) is 0.945. The van der Waals surface area contributed by atoms with Crippen LogP contribution in [-0.2, 0) is 9.59 Å². The van der Waals surface area contributed by atoms with E-state index in [9.17, 15) is 14.7 Å². The maximum absolute atomic E-state index is 12.0. The molecule has 5 heteroatoms. The zero-order valence-electron chi connectivity index (χ0n) is 12.4. The second kappa shape index (κ2) is 5.33. The lowest BCUT2D eigenvalue weighted by atomic mass is 9.90. The van der Waals surface area contributed by atoms with Crippen LogP contribution >= 0.6 is 0 Å². The minimum absolute atomic E-state index is 0.0385. The standard InChI is InChI=1S/C17H17NO4/c1-18-15(19)9-13(17(20)21)16(18)12-7-8-14(22-2)11-6-4-3-5-10(11)12/h3-8,13,16H,9H2,1-2H3,(H,20,21)/t13-,16+/m0/s1. The highest BCUT2D eigenvalue weighted by molar-refractivity contribution is 5.94. The van der Waals surface area contributed by atoms with Gasteiger partial charge in [-0.25, -0.2) is 0 Å². The smallest absolute Gasteiger partial charge is 0.309 e. The van der Waals surface area contributed by atoms with Crippen molar-refractivity contribution in [3.63, 3.8) is 0 Å². The van der Waals surface area contributed by atoms with Crippen LogP contribution in [0.3, 0.4) is 0 Å². The average Bonchev–Trinajstić information content (AvgIpc) is 2.82. The van der Waals surface area contributed by atoms with Crippen molar-refractivity contribution < 1.29 is 19.4 Å². The fourth-order valence-electron chi connectivity index (χ4n) is 3.25. The van der Waals surface area contributed by atoms with Gasteiger partial charge in [-0.1, -0.05) is 30.3 Å². The third-order valence-corrected chi connectivity index (χ3v) is 4.36. The molecule has 1 heterocycles. The number of fused-ring (bicyclic) bond motifs is 1. The first kappa shape index (κ1) is 14.4. The molecule has 2 atom stereocenters. The molecule has 1 fully saturated rings. The van der Waals surface area contributed by atoms with Crippen molar-refractivity contribution in [2.45, 2.75) is 12.5 Å². The Bertz CT molecular complexity index is 755. The highest BCUT2D eigenvalue weighted by Gasteiger charge is 2.43. The van der Waals surface area contributed by atoms with Gasteiger partial charge in [0.05, 0.1) is 19.1 Å². The Labute approximate surface area is 128 Å². The maximum Gasteiger partial charge on any atom is 0.309 e. The van der Waals surface area contributed by atoms with E-state index < -0.39 is 17.9 Å². The number of likely N-dealkylation sites (tertiary alicyclic amines) is 1. The number of carbonyl (C=O) groups is 2. The lowest BCUT2D eigenvalue weighted by Gasteiger charge is -2.25. The van der Waals surface area contributed by atoms with E-state index in [0.717, 1.165) is 22.1 Å². The second-order valence-corrected chi connectivity index (χ2v) is 5.50. The summed E-state index contributed by atoms with van der Waals surface area (Å²) in [6, 6.07) is 10.9. The van der Waals surface area contributed by atoms with Gasteiger partial charge in [-0.2, -0.15) is 0 Å². The molecule has 5 nitrogen and oxygen atoms in total. The van der Waals surface area contributed by atoms with Gasteiger partial charge in [0.1, 0.15) is 5.75 Å². The first-order valence-electron chi connectivity index (χ1n) is 7.08. The van der Waals surface area contributed by atoms with Crippen LogP contribution in [0.15, 0.2) is 36.4 Å². The van der Waals surface area contributed by atoms with Crippen molar-refractivity contribution in [2.75, 3.05) is 14.2 Å². The number of rotatable bonds is 3. The van der Waals surface area contributed by atoms with Crippen LogP contribution in [0, 0.1) is 5.92 Å². The van der Waals surface area contributed by atoms with Crippen LogP contribution in [0.5, 0.6) is 5.75 Å². The second-order valence-electron chi connectivity index (χ2n) is 5.50. The summed E-state index contributed by atoms with van der Waals surface area (Å²) in [5, 5.41) is 11.3. The Balaban J connectivity index is 2.21. The molecule has 0 aromatic heterocycles. The van der Waals surface area contributed by atoms with Crippen molar-refractivity contribution in [2.24, 2.45) is 5.92 Å². The molecule has 22 heavy (non-hydrogen) atoms. The molecule has 2 aromatic rings. The highest BCUT2D eigenvalue weighted by Crippen LogP contribution is 2.41. The molecule has 0 unspecified atom stereocenters. The maximum atomic E-state index is 12.0. The molecule has 1 aliphatic rings. The van der Waals surface area contributed by atoms with Gasteiger partial charge in [0.2, 0.25) is 5.91 Å². The summed E-state index contributed by atoms with van der Waals surface area (Å²) in [6.45, 7) is 0. The monoisotopic (exact) mass is 299 g/mol. The summed E-state index contributed by atoms with van der Waals surface area (Å²) in [6.07, 6.45) is 0.0385. The molecule has 1 N–H and O–H groups in total. The number of benzene rings is 2. The molecule has 114 valence electrons. The summed E-state index contributed by atoms with van der Waals surface area (Å²) >= 11 is 0. The van der Waals surface area contributed by atoms with Crippen LogP contribution in [-0.4, -0.2) is 36.0 Å². The molecule has 1 aliphatic heterocycles. The summed E-state index contributed by atoms with van der Waals surface area (Å²) in [4.78, 5) is 25.0. The van der Waals surface area contributed by atoms with Crippen LogP contribution in [0.25, 0.3) is 10.8 Å². The first-order chi connectivity index (χ1) is 10.5. The third-order valence-electron chi connectivity index (χ3n) is 4.36. The van der Waals surface area contributed by atoms with E-state index in [2.05, 4.69) is 0 Å². The Hall–Kier alpha value is -2.56. The van der Waals surface area contributed by atoms with E-state index in [1.54, 1.807) is 14.2 Å². The number of carboxylic acid groups (broad SMARTS) is 1. The highest BCUT2D eigenvalue weighted by atomic mass is 16.5. The predicted molar refractivity (Wildman–Crippen MR) is 81.8 cm³/mol. The largest absolute Gasteiger partial charge is 0.496 e. The van der Waals surface area contributed by atoms with E-state index in [-0.39, 0.29) is 12.3 Å². The van der Waals surface area contributed by atoms with Gasteiger partial charge in [0.15, 0.2) is 0 Å². The van der Waals surface area contributed by atoms with Crippen LogP contribution in [0.2, 0.25) is 0 Å². The molecule has 0 saturated carbocycles. The van der Waals surface area contributed by atoms with E-state index in [4.69, 9.17) is 4.74 Å². The SMILES string of the molecule is COc1ccc([C@@H]2[C@@H](C(=O)O)CC(=O)N2C)c2ccccc12. The van der Waals surface area contributed by atoms with Crippen molar-refractivity contribution in [1.82, 2.24) is 4.90 Å². The number of methoxy groups -OCH3 is 1. The van der Waals surface area contributed by atoms with Gasteiger partial charge in [-0.15, -0.1) is 0 Å². The average molecular weight is 299 g/mol. The van der Waals surface area contributed by atoms with Crippen molar-refractivity contribution in [3.05, 3.63) is 42.0 Å². The van der Waals surface area contributed by atoms with E-state index in [1.807, 2.05) is 36.4 Å². The number of hydrogen-bond donors (Lipinski definition) is 1. The Morgan fingerprint density at radius 1 is 1.23 bits per heavy atom. The van der Waals surface area contributed by atoms with Crippen molar-refractivity contribution >= 4 is 22.6 Å². The Morgan fingerprint density at radius 3 is 2.55 bits per heavy atom. The van der Waals surface area contributed by atoms with Gasteiger partial charge in [0, 0.05) is 18.9 Å². The van der Waals surface area contributed by atoms with Gasteiger partial charge in [-0.05, 0) is 17.0 Å². The molecule has 2 aromatic carbocycles. The van der Waals surface area contributed by atoms with Crippen molar-refractivity contribution in [1.29, 1.82) is 0 Å². The molecule has 0 radical (unpaired) electrons. The van der Waals surface area contributed by atoms with Gasteiger partial charge < -0.3 is 14.7 Å². The number of carbonyl (C=O) groups excluding carboxylic acids is 1. The number of nitrogens with zero attached hydrogens (tertiary/aromatic N) is 1. The molecule has 3 rings (SSSR count). The van der Waals surface area contributed by atoms with Gasteiger partial charge in [-0.3, -0.25) is 9.59 Å². The molecular weight excluding hydrogens is 282 g/mol. The molecule has 0 bridgehead atoms. The number of carboxylic acids is 1. The van der Waals surface area contributed by atoms with Crippen LogP contribution in [0.4, 0.5) is 0 Å². The molecule has 0 aliphatic carbocycles.